The van der Waals surface area contributed by atoms with Gasteiger partial charge in [0.25, 0.3) is 0 Å². The lowest BCUT2D eigenvalue weighted by Crippen LogP contribution is -2.62. The van der Waals surface area contributed by atoms with Crippen LogP contribution in [-0.2, 0) is 9.47 Å². The first kappa shape index (κ1) is 39.2. The normalized spacial score (nSPS) is 25.0. The zero-order chi connectivity index (χ0) is 41.4. The fourth-order valence-electron chi connectivity index (χ4n) is 10.1. The van der Waals surface area contributed by atoms with Crippen molar-refractivity contribution in [3.8, 4) is 41.2 Å². The minimum atomic E-state index is -0.819. The topological polar surface area (TPSA) is 132 Å². The highest BCUT2D eigenvalue weighted by molar-refractivity contribution is 6.04. The van der Waals surface area contributed by atoms with Crippen molar-refractivity contribution < 1.29 is 42.4 Å². The number of pyridine rings is 1. The van der Waals surface area contributed by atoms with Crippen LogP contribution in [0.15, 0.2) is 36.4 Å². The lowest BCUT2D eigenvalue weighted by Gasteiger charge is -2.48. The van der Waals surface area contributed by atoms with E-state index in [0.29, 0.717) is 42.9 Å². The average molecular weight is 811 g/mol. The second-order valence-electron chi connectivity index (χ2n) is 17.3. The number of methoxy groups -OCH3 is 1. The minimum Gasteiger partial charge on any atom is -0.477 e. The highest BCUT2D eigenvalue weighted by Gasteiger charge is 2.52. The summed E-state index contributed by atoms with van der Waals surface area (Å²) in [5, 5.41) is 11.2. The van der Waals surface area contributed by atoms with Crippen molar-refractivity contribution in [1.29, 1.82) is 0 Å². The number of nitrogens with zero attached hydrogens (tertiary/aromatic N) is 6. The third-order valence-corrected chi connectivity index (χ3v) is 12.5. The van der Waals surface area contributed by atoms with E-state index in [0.717, 1.165) is 31.3 Å². The van der Waals surface area contributed by atoms with Crippen LogP contribution in [0.4, 0.5) is 19.4 Å². The van der Waals surface area contributed by atoms with Gasteiger partial charge in [0, 0.05) is 43.6 Å². The summed E-state index contributed by atoms with van der Waals surface area (Å²) < 4.78 is 62.9. The molecule has 1 amide bonds. The Morgan fingerprint density at radius 3 is 2.69 bits per heavy atom. The molecular weight excluding hydrogens is 763 g/mol. The second kappa shape index (κ2) is 14.8. The third kappa shape index (κ3) is 6.65. The molecule has 5 aliphatic rings. The van der Waals surface area contributed by atoms with Crippen molar-refractivity contribution in [1.82, 2.24) is 24.8 Å². The van der Waals surface area contributed by atoms with Gasteiger partial charge < -0.3 is 33.7 Å². The van der Waals surface area contributed by atoms with E-state index in [1.807, 2.05) is 25.7 Å². The van der Waals surface area contributed by atoms with Crippen LogP contribution in [0.3, 0.4) is 0 Å². The molecule has 4 saturated heterocycles. The summed E-state index contributed by atoms with van der Waals surface area (Å²) in [5.41, 5.74) is -0.224. The van der Waals surface area contributed by atoms with E-state index in [4.69, 9.17) is 45.1 Å². The summed E-state index contributed by atoms with van der Waals surface area (Å²) >= 11 is 0. The Morgan fingerprint density at radius 2 is 1.93 bits per heavy atom. The van der Waals surface area contributed by atoms with Crippen LogP contribution in [0.5, 0.6) is 17.6 Å². The van der Waals surface area contributed by atoms with Gasteiger partial charge >= 0.3 is 12.1 Å². The number of carbonyl (C=O) groups is 1. The number of amides is 1. The van der Waals surface area contributed by atoms with E-state index in [1.165, 1.54) is 13.2 Å². The van der Waals surface area contributed by atoms with Crippen LogP contribution >= 0.6 is 0 Å². The molecule has 5 aliphatic heterocycles. The number of rotatable bonds is 8. The zero-order valence-electron chi connectivity index (χ0n) is 33.7. The third-order valence-electron chi connectivity index (χ3n) is 12.5. The van der Waals surface area contributed by atoms with Crippen molar-refractivity contribution in [2.24, 2.45) is 0 Å². The predicted octanol–water partition coefficient (Wildman–Crippen LogP) is 6.36. The Morgan fingerprint density at radius 1 is 1.10 bits per heavy atom. The lowest BCUT2D eigenvalue weighted by atomic mass is 9.94. The lowest BCUT2D eigenvalue weighted by molar-refractivity contribution is 0.00635. The number of halogens is 2. The predicted molar refractivity (Wildman–Crippen MR) is 216 cm³/mol. The van der Waals surface area contributed by atoms with Gasteiger partial charge in [-0.25, -0.2) is 18.6 Å². The van der Waals surface area contributed by atoms with Crippen LogP contribution in [0.2, 0.25) is 0 Å². The smallest absolute Gasteiger partial charge is 0.410 e. The first-order valence-corrected chi connectivity index (χ1v) is 20.2. The zero-order valence-corrected chi connectivity index (χ0v) is 33.7. The Bertz CT molecular complexity index is 2420. The molecule has 4 fully saturated rings. The second-order valence-corrected chi connectivity index (χ2v) is 17.3. The molecule has 0 saturated carbocycles. The fourth-order valence-corrected chi connectivity index (χ4v) is 10.1. The maximum absolute atomic E-state index is 17.7. The van der Waals surface area contributed by atoms with Crippen molar-refractivity contribution in [2.45, 2.75) is 94.6 Å². The fraction of sp³-hybridized carbons (Fsp3) is 0.500. The molecule has 4 aromatic rings. The number of anilines is 1. The number of benzene rings is 2. The van der Waals surface area contributed by atoms with Crippen molar-refractivity contribution in [2.75, 3.05) is 51.7 Å². The molecule has 13 nitrogen and oxygen atoms in total. The Kier molecular flexibility index (Phi) is 9.80. The number of hydrogen-bond donors (Lipinski definition) is 1. The number of aliphatic hydroxyl groups excluding tert-OH is 1. The summed E-state index contributed by atoms with van der Waals surface area (Å²) in [5.74, 6) is 1.77. The van der Waals surface area contributed by atoms with E-state index in [9.17, 15) is 9.90 Å². The average Bonchev–Trinajstić information content (AvgIpc) is 3.83. The first-order valence-electron chi connectivity index (χ1n) is 20.2. The molecule has 1 N–H and O–H groups in total. The molecule has 15 heteroatoms. The Hall–Kier alpha value is -5.30. The van der Waals surface area contributed by atoms with Crippen molar-refractivity contribution >= 4 is 33.6 Å². The van der Waals surface area contributed by atoms with Crippen LogP contribution in [-0.4, -0.2) is 118 Å². The molecule has 2 aromatic heterocycles. The molecule has 2 aromatic carbocycles. The largest absolute Gasteiger partial charge is 0.477 e. The van der Waals surface area contributed by atoms with Gasteiger partial charge in [-0.15, -0.1) is 6.42 Å². The summed E-state index contributed by atoms with van der Waals surface area (Å²) in [6.45, 7) is 11.2. The summed E-state index contributed by atoms with van der Waals surface area (Å²) in [6.07, 6.45) is 9.76. The molecule has 0 aliphatic carbocycles. The van der Waals surface area contributed by atoms with Gasteiger partial charge in [-0.3, -0.25) is 9.80 Å². The number of piperazine rings is 1. The van der Waals surface area contributed by atoms with E-state index in [1.54, 1.807) is 18.2 Å². The van der Waals surface area contributed by atoms with Gasteiger partial charge in [0.1, 0.15) is 46.2 Å². The highest BCUT2D eigenvalue weighted by atomic mass is 19.1. The van der Waals surface area contributed by atoms with Crippen LogP contribution in [0.1, 0.15) is 64.9 Å². The van der Waals surface area contributed by atoms with E-state index < -0.39 is 22.8 Å². The number of carbonyl (C=O) groups excluding carboxylic acids is 1. The van der Waals surface area contributed by atoms with Crippen LogP contribution < -0.4 is 19.1 Å². The molecule has 0 radical (unpaired) electrons. The monoisotopic (exact) mass is 810 g/mol. The minimum absolute atomic E-state index is 0.0199. The number of aromatic nitrogens is 3. The summed E-state index contributed by atoms with van der Waals surface area (Å²) in [7, 11) is 1.48. The van der Waals surface area contributed by atoms with Gasteiger partial charge in [-0.2, -0.15) is 9.97 Å². The number of aliphatic hydroxyl groups is 1. The quantitative estimate of drug-likeness (QED) is 0.121. The van der Waals surface area contributed by atoms with E-state index >= 15 is 8.78 Å². The Balaban J connectivity index is 1.22. The number of fused-ring (bicyclic) bond motifs is 7. The first-order chi connectivity index (χ1) is 28.3. The molecule has 9 rings (SSSR count). The SMILES string of the molecule is C#Cc1c(F)ccc2cc(OCOC)cc(-c3nc4c5c(nc(OC[C@@]67CC[C@@H](CO)N6CC(=C)C7)nc5c3F)N3C[C@H]5CC[C@@H]([C@H]3CCO4)N5C(=O)OC(C)(C)C)c12. The van der Waals surface area contributed by atoms with Gasteiger partial charge in [0.05, 0.1) is 42.4 Å². The molecule has 7 heterocycles. The van der Waals surface area contributed by atoms with Crippen LogP contribution in [0, 0.1) is 24.0 Å². The maximum Gasteiger partial charge on any atom is 0.410 e. The summed E-state index contributed by atoms with van der Waals surface area (Å²) in [6, 6.07) is 5.30. The van der Waals surface area contributed by atoms with Gasteiger partial charge in [0.2, 0.25) is 5.88 Å². The summed E-state index contributed by atoms with van der Waals surface area (Å²) in [4.78, 5) is 34.5. The molecule has 310 valence electrons. The number of terminal acetylenes is 1. The number of hydrogen-bond acceptors (Lipinski definition) is 12. The molecule has 0 unspecified atom stereocenters. The number of ether oxygens (including phenoxy) is 5. The molecular formula is C44H48F2N6O7. The Labute approximate surface area is 341 Å². The van der Waals surface area contributed by atoms with Gasteiger partial charge in [-0.05, 0) is 76.5 Å². The van der Waals surface area contributed by atoms with E-state index in [2.05, 4.69) is 22.3 Å². The maximum atomic E-state index is 17.7. The standard InChI is InChI=1S/C44H48F2N6O7/c1-7-29-31(45)10-8-25-16-28(58-23-55-6)17-30(34(25)29)37-36(46)38-35-39(49-41(48-38)57-22-44-14-12-27(21-53)51(44)19-24(2)18-44)50-20-26-9-11-33(32(50)13-15-56-40(35)47-37)52(26)42(54)59-43(3,4)5/h1,8,10,16-17,26-27,32-33,53H,2,9,11-15,18-23H2,3-6H3/t26-,27+,32-,33+,44+/m1/s1. The van der Waals surface area contributed by atoms with E-state index in [-0.39, 0.29) is 102 Å². The molecule has 0 spiro atoms. The van der Waals surface area contributed by atoms with Crippen LogP contribution in [0.25, 0.3) is 32.9 Å². The molecule has 5 atom stereocenters. The highest BCUT2D eigenvalue weighted by Crippen LogP contribution is 2.48. The van der Waals surface area contributed by atoms with Crippen molar-refractivity contribution in [3.63, 3.8) is 0 Å². The molecule has 59 heavy (non-hydrogen) atoms. The van der Waals surface area contributed by atoms with Crippen molar-refractivity contribution in [3.05, 3.63) is 53.6 Å². The molecule has 2 bridgehead atoms. The van der Waals surface area contributed by atoms with Gasteiger partial charge in [-0.1, -0.05) is 24.1 Å². The van der Waals surface area contributed by atoms with Gasteiger partial charge in [0.15, 0.2) is 12.6 Å².